The van der Waals surface area contributed by atoms with Gasteiger partial charge in [0.1, 0.15) is 0 Å². The summed E-state index contributed by atoms with van der Waals surface area (Å²) in [6.45, 7) is 4.52. The maximum Gasteiger partial charge on any atom is 0.0257 e. The van der Waals surface area contributed by atoms with Crippen LogP contribution >= 0.6 is 11.6 Å². The lowest BCUT2D eigenvalue weighted by molar-refractivity contribution is 0.834. The Balaban J connectivity index is 2.24. The summed E-state index contributed by atoms with van der Waals surface area (Å²) in [6, 6.07) is 0. The van der Waals surface area contributed by atoms with Crippen LogP contribution in [-0.2, 0) is 0 Å². The van der Waals surface area contributed by atoms with Crippen molar-refractivity contribution in [2.45, 2.75) is 13.8 Å². The number of hydrogen-bond acceptors (Lipinski definition) is 0. The van der Waals surface area contributed by atoms with E-state index in [0.29, 0.717) is 0 Å². The molecule has 0 aromatic heterocycles. The van der Waals surface area contributed by atoms with Crippen molar-refractivity contribution in [1.29, 1.82) is 0 Å². The smallest absolute Gasteiger partial charge is 0.0257 e. The highest BCUT2D eigenvalue weighted by Gasteiger charge is 2.41. The zero-order valence-electron chi connectivity index (χ0n) is 4.82. The predicted octanol–water partition coefficient (Wildman–Crippen LogP) is 2.13. The van der Waals surface area contributed by atoms with Crippen LogP contribution in [0.4, 0.5) is 0 Å². The second-order valence-corrected chi connectivity index (χ2v) is 2.84. The Labute approximate surface area is 49.9 Å². The van der Waals surface area contributed by atoms with Crippen LogP contribution in [0.3, 0.4) is 0 Å². The summed E-state index contributed by atoms with van der Waals surface area (Å²) in [6.07, 6.45) is 0. The van der Waals surface area contributed by atoms with Gasteiger partial charge in [0, 0.05) is 5.88 Å². The Morgan fingerprint density at radius 3 is 1.71 bits per heavy atom. The van der Waals surface area contributed by atoms with E-state index in [0.717, 1.165) is 23.6 Å². The lowest BCUT2D eigenvalue weighted by Crippen LogP contribution is -1.76. The van der Waals surface area contributed by atoms with Crippen molar-refractivity contribution >= 4 is 11.6 Å². The van der Waals surface area contributed by atoms with Gasteiger partial charge < -0.3 is 0 Å². The monoisotopic (exact) mass is 118 g/mol. The number of hydrogen-bond donors (Lipinski definition) is 0. The van der Waals surface area contributed by atoms with Gasteiger partial charge in [0.05, 0.1) is 0 Å². The zero-order chi connectivity index (χ0) is 5.44. The molecule has 0 aliphatic heterocycles. The molecule has 0 aromatic rings. The van der Waals surface area contributed by atoms with Crippen LogP contribution < -0.4 is 0 Å². The van der Waals surface area contributed by atoms with Crippen LogP contribution in [-0.4, -0.2) is 5.88 Å². The third-order valence-corrected chi connectivity index (χ3v) is 2.57. The van der Waals surface area contributed by atoms with Gasteiger partial charge in [0.15, 0.2) is 0 Å². The second kappa shape index (κ2) is 1.66. The van der Waals surface area contributed by atoms with Crippen molar-refractivity contribution in [3.8, 4) is 0 Å². The van der Waals surface area contributed by atoms with Crippen molar-refractivity contribution in [3.05, 3.63) is 0 Å². The molecule has 0 radical (unpaired) electrons. The molecular weight excluding hydrogens is 108 g/mol. The molecule has 42 valence electrons. The number of halogens is 1. The first-order valence-electron chi connectivity index (χ1n) is 2.83. The first-order chi connectivity index (χ1) is 3.27. The second-order valence-electron chi connectivity index (χ2n) is 2.54. The van der Waals surface area contributed by atoms with E-state index in [-0.39, 0.29) is 0 Å². The molecule has 1 rings (SSSR count). The Kier molecular flexibility index (Phi) is 1.29. The molecule has 1 heteroatoms. The Morgan fingerprint density at radius 1 is 1.29 bits per heavy atom. The minimum atomic E-state index is 0.835. The van der Waals surface area contributed by atoms with Gasteiger partial charge in [-0.05, 0) is 17.8 Å². The standard InChI is InChI=1S/C6H11Cl/c1-4-5(2)6(4)3-7/h4-6H,3H2,1-2H3. The Hall–Kier alpha value is 0.290. The van der Waals surface area contributed by atoms with Crippen LogP contribution in [0.5, 0.6) is 0 Å². The van der Waals surface area contributed by atoms with Gasteiger partial charge in [-0.3, -0.25) is 0 Å². The summed E-state index contributed by atoms with van der Waals surface area (Å²) in [7, 11) is 0. The van der Waals surface area contributed by atoms with Crippen molar-refractivity contribution in [2.75, 3.05) is 5.88 Å². The quantitative estimate of drug-likeness (QED) is 0.463. The molecule has 1 aliphatic carbocycles. The lowest BCUT2D eigenvalue weighted by atomic mass is 10.4. The normalized spacial score (nSPS) is 49.3. The van der Waals surface area contributed by atoms with Gasteiger partial charge in [-0.2, -0.15) is 0 Å². The number of rotatable bonds is 1. The minimum Gasteiger partial charge on any atom is -0.126 e. The molecule has 1 aliphatic rings. The third kappa shape index (κ3) is 0.766. The first kappa shape index (κ1) is 5.43. The largest absolute Gasteiger partial charge is 0.126 e. The summed E-state index contributed by atoms with van der Waals surface area (Å²) >= 11 is 5.59. The molecule has 0 N–H and O–H groups in total. The highest BCUT2D eigenvalue weighted by atomic mass is 35.5. The van der Waals surface area contributed by atoms with Crippen LogP contribution in [0.15, 0.2) is 0 Å². The third-order valence-electron chi connectivity index (χ3n) is 2.22. The molecule has 0 amide bonds. The Bertz CT molecular complexity index is 62.6. The molecule has 0 bridgehead atoms. The van der Waals surface area contributed by atoms with E-state index in [1.165, 1.54) is 0 Å². The van der Waals surface area contributed by atoms with Crippen LogP contribution in [0.1, 0.15) is 13.8 Å². The summed E-state index contributed by atoms with van der Waals surface area (Å²) in [5.74, 6) is 3.50. The van der Waals surface area contributed by atoms with Crippen LogP contribution in [0.2, 0.25) is 0 Å². The van der Waals surface area contributed by atoms with E-state index < -0.39 is 0 Å². The van der Waals surface area contributed by atoms with Crippen LogP contribution in [0.25, 0.3) is 0 Å². The fourth-order valence-corrected chi connectivity index (χ4v) is 1.61. The van der Waals surface area contributed by atoms with Crippen molar-refractivity contribution in [3.63, 3.8) is 0 Å². The van der Waals surface area contributed by atoms with E-state index in [1.807, 2.05) is 0 Å². The molecule has 0 heterocycles. The van der Waals surface area contributed by atoms with E-state index in [2.05, 4.69) is 13.8 Å². The molecule has 0 aromatic carbocycles. The van der Waals surface area contributed by atoms with Gasteiger partial charge in [-0.15, -0.1) is 11.6 Å². The maximum atomic E-state index is 5.59. The van der Waals surface area contributed by atoms with Gasteiger partial charge in [-0.25, -0.2) is 0 Å². The van der Waals surface area contributed by atoms with E-state index >= 15 is 0 Å². The minimum absolute atomic E-state index is 0.835. The average molecular weight is 119 g/mol. The molecular formula is C6H11Cl. The molecule has 1 saturated carbocycles. The Morgan fingerprint density at radius 2 is 1.71 bits per heavy atom. The van der Waals surface area contributed by atoms with Gasteiger partial charge in [-0.1, -0.05) is 13.8 Å². The topological polar surface area (TPSA) is 0 Å². The lowest BCUT2D eigenvalue weighted by Gasteiger charge is -1.78. The molecule has 0 saturated heterocycles. The van der Waals surface area contributed by atoms with E-state index in [1.54, 1.807) is 0 Å². The van der Waals surface area contributed by atoms with Gasteiger partial charge >= 0.3 is 0 Å². The first-order valence-corrected chi connectivity index (χ1v) is 3.36. The highest BCUT2D eigenvalue weighted by Crippen LogP contribution is 2.45. The van der Waals surface area contributed by atoms with Crippen molar-refractivity contribution in [1.82, 2.24) is 0 Å². The average Bonchev–Trinajstić information content (AvgIpc) is 2.17. The summed E-state index contributed by atoms with van der Waals surface area (Å²) in [5.41, 5.74) is 0. The van der Waals surface area contributed by atoms with Crippen molar-refractivity contribution in [2.24, 2.45) is 17.8 Å². The molecule has 0 nitrogen and oxygen atoms in total. The van der Waals surface area contributed by atoms with Crippen LogP contribution in [0, 0.1) is 17.8 Å². The molecule has 1 fully saturated rings. The van der Waals surface area contributed by atoms with E-state index in [4.69, 9.17) is 11.6 Å². The van der Waals surface area contributed by atoms with Gasteiger partial charge in [0.2, 0.25) is 0 Å². The highest BCUT2D eigenvalue weighted by molar-refractivity contribution is 6.18. The molecule has 7 heavy (non-hydrogen) atoms. The molecule has 0 spiro atoms. The molecule has 2 atom stereocenters. The molecule has 2 unspecified atom stereocenters. The van der Waals surface area contributed by atoms with E-state index in [9.17, 15) is 0 Å². The fourth-order valence-electron chi connectivity index (χ4n) is 1.05. The fraction of sp³-hybridized carbons (Fsp3) is 1.00. The number of alkyl halides is 1. The SMILES string of the molecule is CC1C(C)C1CCl. The maximum absolute atomic E-state index is 5.59. The van der Waals surface area contributed by atoms with Gasteiger partial charge in [0.25, 0.3) is 0 Å². The summed E-state index contributed by atoms with van der Waals surface area (Å²) in [5, 5.41) is 0. The predicted molar refractivity (Wildman–Crippen MR) is 32.5 cm³/mol. The summed E-state index contributed by atoms with van der Waals surface area (Å²) in [4.78, 5) is 0. The zero-order valence-corrected chi connectivity index (χ0v) is 5.57. The summed E-state index contributed by atoms with van der Waals surface area (Å²) < 4.78 is 0. The van der Waals surface area contributed by atoms with Crippen molar-refractivity contribution < 1.29 is 0 Å².